The minimum Gasteiger partial charge on any atom is -0.503 e. The molecule has 0 aliphatic carbocycles. The molecular formula is C24H28N2O4. The summed E-state index contributed by atoms with van der Waals surface area (Å²) in [5, 5.41) is 10.6. The number of carbonyl (C=O) groups excluding carboxylic acids is 2. The summed E-state index contributed by atoms with van der Waals surface area (Å²) in [6.07, 6.45) is 4.39. The zero-order valence-electron chi connectivity index (χ0n) is 17.8. The molecule has 1 aliphatic rings. The number of nitrogens with zero attached hydrogens (tertiary/aromatic N) is 2. The molecule has 0 saturated carbocycles. The minimum atomic E-state index is -0.632. The Labute approximate surface area is 177 Å². The van der Waals surface area contributed by atoms with E-state index in [4.69, 9.17) is 4.42 Å². The average Bonchev–Trinajstić information content (AvgIpc) is 3.32. The molecule has 1 N–H and O–H groups in total. The van der Waals surface area contributed by atoms with Gasteiger partial charge in [-0.05, 0) is 55.4 Å². The summed E-state index contributed by atoms with van der Waals surface area (Å²) in [7, 11) is 3.83. The largest absolute Gasteiger partial charge is 0.503 e. The first-order valence-electron chi connectivity index (χ1n) is 10.0. The Bertz CT molecular complexity index is 954. The molecule has 2 aromatic rings. The first-order chi connectivity index (χ1) is 14.3. The van der Waals surface area contributed by atoms with E-state index in [0.29, 0.717) is 24.8 Å². The summed E-state index contributed by atoms with van der Waals surface area (Å²) < 4.78 is 5.23. The molecule has 30 heavy (non-hydrogen) atoms. The van der Waals surface area contributed by atoms with E-state index in [9.17, 15) is 14.7 Å². The zero-order valence-corrected chi connectivity index (χ0v) is 17.8. The SMILES string of the molecule is CC(C)c1ccc(C2C(C(=O)/C=C/c3ccco3)=C(O)C(=O)N2CCN(C)C)cc1. The maximum atomic E-state index is 13.0. The van der Waals surface area contributed by atoms with Crippen molar-refractivity contribution in [1.29, 1.82) is 0 Å². The first kappa shape index (κ1) is 21.6. The summed E-state index contributed by atoms with van der Waals surface area (Å²) in [4.78, 5) is 29.4. The lowest BCUT2D eigenvalue weighted by molar-refractivity contribution is -0.129. The second kappa shape index (κ2) is 9.13. The highest BCUT2D eigenvalue weighted by atomic mass is 16.3. The fraction of sp³-hybridized carbons (Fsp3) is 0.333. The molecule has 1 aromatic heterocycles. The summed E-state index contributed by atoms with van der Waals surface area (Å²) in [6.45, 7) is 5.23. The number of amides is 1. The van der Waals surface area contributed by atoms with E-state index in [1.807, 2.05) is 43.3 Å². The summed E-state index contributed by atoms with van der Waals surface area (Å²) in [5.74, 6) is -0.529. The molecule has 6 nitrogen and oxygen atoms in total. The molecule has 0 saturated heterocycles. The van der Waals surface area contributed by atoms with Gasteiger partial charge in [-0.25, -0.2) is 0 Å². The van der Waals surface area contributed by atoms with Crippen molar-refractivity contribution in [3.63, 3.8) is 0 Å². The molecule has 0 radical (unpaired) electrons. The number of ketones is 1. The Balaban J connectivity index is 1.98. The van der Waals surface area contributed by atoms with Crippen molar-refractivity contribution >= 4 is 17.8 Å². The molecule has 0 spiro atoms. The number of hydrogen-bond acceptors (Lipinski definition) is 5. The van der Waals surface area contributed by atoms with Gasteiger partial charge in [0.15, 0.2) is 11.5 Å². The maximum absolute atomic E-state index is 13.0. The molecule has 6 heteroatoms. The third kappa shape index (κ3) is 4.54. The number of furan rings is 1. The highest BCUT2D eigenvalue weighted by Crippen LogP contribution is 2.38. The molecule has 0 bridgehead atoms. The fourth-order valence-electron chi connectivity index (χ4n) is 3.49. The normalized spacial score (nSPS) is 17.2. The van der Waals surface area contributed by atoms with Crippen LogP contribution in [0.1, 0.15) is 42.7 Å². The van der Waals surface area contributed by atoms with E-state index < -0.39 is 23.5 Å². The molecule has 1 atom stereocenters. The topological polar surface area (TPSA) is 74.0 Å². The van der Waals surface area contributed by atoms with Crippen LogP contribution in [0.3, 0.4) is 0 Å². The number of hydrogen-bond donors (Lipinski definition) is 1. The maximum Gasteiger partial charge on any atom is 0.290 e. The van der Waals surface area contributed by atoms with Gasteiger partial charge in [0.05, 0.1) is 17.9 Å². The first-order valence-corrected chi connectivity index (χ1v) is 10.0. The van der Waals surface area contributed by atoms with Crippen molar-refractivity contribution in [3.8, 4) is 0 Å². The van der Waals surface area contributed by atoms with Gasteiger partial charge in [0.2, 0.25) is 0 Å². The van der Waals surface area contributed by atoms with E-state index in [1.54, 1.807) is 17.0 Å². The molecule has 2 heterocycles. The summed E-state index contributed by atoms with van der Waals surface area (Å²) >= 11 is 0. The number of aliphatic hydroxyl groups excluding tert-OH is 1. The van der Waals surface area contributed by atoms with Gasteiger partial charge in [-0.2, -0.15) is 0 Å². The summed E-state index contributed by atoms with van der Waals surface area (Å²) in [5.41, 5.74) is 2.06. The van der Waals surface area contributed by atoms with Crippen LogP contribution in [0.5, 0.6) is 0 Å². The second-order valence-corrected chi connectivity index (χ2v) is 8.00. The second-order valence-electron chi connectivity index (χ2n) is 8.00. The lowest BCUT2D eigenvalue weighted by atomic mass is 9.93. The van der Waals surface area contributed by atoms with Crippen molar-refractivity contribution in [2.75, 3.05) is 27.2 Å². The summed E-state index contributed by atoms with van der Waals surface area (Å²) in [6, 6.07) is 10.7. The highest BCUT2D eigenvalue weighted by molar-refractivity contribution is 6.14. The molecule has 0 fully saturated rings. The van der Waals surface area contributed by atoms with Gasteiger partial charge in [0.25, 0.3) is 5.91 Å². The lowest BCUT2D eigenvalue weighted by Crippen LogP contribution is -2.36. The number of likely N-dealkylation sites (N-methyl/N-ethyl adjacent to an activating group) is 1. The van der Waals surface area contributed by atoms with Gasteiger partial charge in [-0.3, -0.25) is 9.59 Å². The van der Waals surface area contributed by atoms with E-state index in [2.05, 4.69) is 13.8 Å². The van der Waals surface area contributed by atoms with Crippen molar-refractivity contribution < 1.29 is 19.1 Å². The third-order valence-electron chi connectivity index (χ3n) is 5.22. The molecule has 3 rings (SSSR count). The standard InChI is InChI=1S/C24H28N2O4/c1-16(2)17-7-9-18(10-8-17)22-21(20(27)12-11-19-6-5-15-30-19)23(28)24(29)26(22)14-13-25(3)4/h5-12,15-16,22,28H,13-14H2,1-4H3/b12-11+. The van der Waals surface area contributed by atoms with E-state index in [-0.39, 0.29) is 5.57 Å². The molecule has 1 unspecified atom stereocenters. The number of aliphatic hydroxyl groups is 1. The fourth-order valence-corrected chi connectivity index (χ4v) is 3.49. The molecule has 158 valence electrons. The molecule has 1 aromatic carbocycles. The van der Waals surface area contributed by atoms with Gasteiger partial charge in [-0.1, -0.05) is 38.1 Å². The smallest absolute Gasteiger partial charge is 0.290 e. The Morgan fingerprint density at radius 1 is 1.23 bits per heavy atom. The van der Waals surface area contributed by atoms with Crippen LogP contribution in [0, 0.1) is 0 Å². The predicted octanol–water partition coefficient (Wildman–Crippen LogP) is 3.94. The van der Waals surface area contributed by atoms with Crippen LogP contribution in [0.2, 0.25) is 0 Å². The number of carbonyl (C=O) groups is 2. The zero-order chi connectivity index (χ0) is 21.8. The number of rotatable bonds is 8. The Kier molecular flexibility index (Phi) is 6.57. The predicted molar refractivity (Wildman–Crippen MR) is 116 cm³/mol. The van der Waals surface area contributed by atoms with Crippen LogP contribution < -0.4 is 0 Å². The van der Waals surface area contributed by atoms with Crippen molar-refractivity contribution in [1.82, 2.24) is 9.80 Å². The monoisotopic (exact) mass is 408 g/mol. The van der Waals surface area contributed by atoms with Gasteiger partial charge in [0, 0.05) is 13.1 Å². The van der Waals surface area contributed by atoms with Crippen LogP contribution in [-0.4, -0.2) is 53.8 Å². The highest BCUT2D eigenvalue weighted by Gasteiger charge is 2.42. The van der Waals surface area contributed by atoms with Crippen molar-refractivity contribution in [2.45, 2.75) is 25.8 Å². The van der Waals surface area contributed by atoms with Crippen molar-refractivity contribution in [2.24, 2.45) is 0 Å². The van der Waals surface area contributed by atoms with Crippen LogP contribution >= 0.6 is 0 Å². The van der Waals surface area contributed by atoms with Gasteiger partial charge in [0.1, 0.15) is 5.76 Å². The lowest BCUT2D eigenvalue weighted by Gasteiger charge is -2.28. The van der Waals surface area contributed by atoms with Crippen LogP contribution in [0.25, 0.3) is 6.08 Å². The minimum absolute atomic E-state index is 0.0962. The van der Waals surface area contributed by atoms with E-state index in [0.717, 1.165) is 5.56 Å². The quantitative estimate of drug-likeness (QED) is 0.670. The van der Waals surface area contributed by atoms with Crippen LogP contribution in [-0.2, 0) is 9.59 Å². The van der Waals surface area contributed by atoms with E-state index >= 15 is 0 Å². The molecule has 1 amide bonds. The van der Waals surface area contributed by atoms with Gasteiger partial charge >= 0.3 is 0 Å². The van der Waals surface area contributed by atoms with Crippen molar-refractivity contribution in [3.05, 3.63) is 77.0 Å². The van der Waals surface area contributed by atoms with Crippen LogP contribution in [0.4, 0.5) is 0 Å². The number of allylic oxidation sites excluding steroid dienone is 1. The number of benzene rings is 1. The van der Waals surface area contributed by atoms with Gasteiger partial charge in [-0.15, -0.1) is 0 Å². The average molecular weight is 408 g/mol. The molecular weight excluding hydrogens is 380 g/mol. The van der Waals surface area contributed by atoms with E-state index in [1.165, 1.54) is 24.0 Å². The third-order valence-corrected chi connectivity index (χ3v) is 5.22. The Morgan fingerprint density at radius 2 is 1.93 bits per heavy atom. The Morgan fingerprint density at radius 3 is 2.50 bits per heavy atom. The van der Waals surface area contributed by atoms with Crippen LogP contribution in [0.15, 0.2) is 64.5 Å². The molecule has 1 aliphatic heterocycles. The Hall–Kier alpha value is -3.12. The van der Waals surface area contributed by atoms with Gasteiger partial charge < -0.3 is 19.3 Å².